The molecule has 0 saturated heterocycles. The number of nitrogens with one attached hydrogen (secondary N) is 1. The number of hydrogen-bond donors (Lipinski definition) is 2. The molecule has 0 radical (unpaired) electrons. The van der Waals surface area contributed by atoms with Gasteiger partial charge in [-0.15, -0.1) is 0 Å². The first-order valence-electron chi connectivity index (χ1n) is 5.70. The maximum Gasteiger partial charge on any atom is 0.339 e. The van der Waals surface area contributed by atoms with E-state index in [1.54, 1.807) is 31.2 Å². The molecule has 0 aromatic heterocycles. The Bertz CT molecular complexity index is 455. The molecule has 3 N–H and O–H groups in total. The highest BCUT2D eigenvalue weighted by molar-refractivity contribution is 6.03. The molecule has 0 heterocycles. The van der Waals surface area contributed by atoms with Crippen LogP contribution in [0.2, 0.25) is 0 Å². The second kappa shape index (κ2) is 5.64. The van der Waals surface area contributed by atoms with Crippen molar-refractivity contribution in [3.8, 4) is 0 Å². The SMILES string of the molecule is CCC(C)(N)C(=O)Nc1ccccc1C(=O)OC. The van der Waals surface area contributed by atoms with Crippen molar-refractivity contribution in [2.45, 2.75) is 25.8 Å². The fourth-order valence-corrected chi connectivity index (χ4v) is 1.31. The van der Waals surface area contributed by atoms with E-state index >= 15 is 0 Å². The summed E-state index contributed by atoms with van der Waals surface area (Å²) in [7, 11) is 1.29. The number of hydrogen-bond acceptors (Lipinski definition) is 4. The van der Waals surface area contributed by atoms with E-state index < -0.39 is 11.5 Å². The van der Waals surface area contributed by atoms with Crippen LogP contribution in [-0.2, 0) is 9.53 Å². The summed E-state index contributed by atoms with van der Waals surface area (Å²) < 4.78 is 4.65. The number of ether oxygens (including phenoxy) is 1. The summed E-state index contributed by atoms with van der Waals surface area (Å²) in [6.45, 7) is 3.47. The minimum absolute atomic E-state index is 0.306. The average Bonchev–Trinajstić information content (AvgIpc) is 2.38. The van der Waals surface area contributed by atoms with Crippen LogP contribution in [0.25, 0.3) is 0 Å². The normalized spacial score (nSPS) is 13.6. The zero-order valence-corrected chi connectivity index (χ0v) is 10.8. The second-order valence-electron chi connectivity index (χ2n) is 4.26. The van der Waals surface area contributed by atoms with Crippen LogP contribution in [0.1, 0.15) is 30.6 Å². The highest BCUT2D eigenvalue weighted by atomic mass is 16.5. The number of methoxy groups -OCH3 is 1. The molecule has 1 aromatic carbocycles. The number of carbonyl (C=O) groups excluding carboxylic acids is 2. The molecule has 5 nitrogen and oxygen atoms in total. The van der Waals surface area contributed by atoms with E-state index in [0.717, 1.165) is 0 Å². The van der Waals surface area contributed by atoms with E-state index in [2.05, 4.69) is 10.1 Å². The van der Waals surface area contributed by atoms with Gasteiger partial charge in [0, 0.05) is 0 Å². The topological polar surface area (TPSA) is 81.4 Å². The number of benzene rings is 1. The van der Waals surface area contributed by atoms with Gasteiger partial charge >= 0.3 is 5.97 Å². The van der Waals surface area contributed by atoms with E-state index in [0.29, 0.717) is 17.7 Å². The van der Waals surface area contributed by atoms with Gasteiger partial charge in [-0.3, -0.25) is 4.79 Å². The van der Waals surface area contributed by atoms with Crippen molar-refractivity contribution >= 4 is 17.6 Å². The first-order chi connectivity index (χ1) is 8.42. The van der Waals surface area contributed by atoms with Crippen molar-refractivity contribution in [3.63, 3.8) is 0 Å². The molecule has 1 unspecified atom stereocenters. The van der Waals surface area contributed by atoms with Crippen LogP contribution in [-0.4, -0.2) is 24.5 Å². The van der Waals surface area contributed by atoms with E-state index in [9.17, 15) is 9.59 Å². The molecule has 18 heavy (non-hydrogen) atoms. The fourth-order valence-electron chi connectivity index (χ4n) is 1.31. The monoisotopic (exact) mass is 250 g/mol. The van der Waals surface area contributed by atoms with E-state index in [4.69, 9.17) is 5.73 Å². The third-order valence-corrected chi connectivity index (χ3v) is 2.83. The molecule has 0 aliphatic rings. The predicted molar refractivity (Wildman–Crippen MR) is 69.3 cm³/mol. The van der Waals surface area contributed by atoms with Gasteiger partial charge in [0.25, 0.3) is 0 Å². The molecule has 1 amide bonds. The van der Waals surface area contributed by atoms with Crippen LogP contribution in [0.15, 0.2) is 24.3 Å². The van der Waals surface area contributed by atoms with Crippen molar-refractivity contribution in [1.82, 2.24) is 0 Å². The first-order valence-corrected chi connectivity index (χ1v) is 5.70. The van der Waals surface area contributed by atoms with Gasteiger partial charge in [-0.2, -0.15) is 0 Å². The molecule has 0 bridgehead atoms. The van der Waals surface area contributed by atoms with Gasteiger partial charge in [0.2, 0.25) is 5.91 Å². The number of carbonyl (C=O) groups is 2. The summed E-state index contributed by atoms with van der Waals surface area (Å²) in [5.41, 5.74) is 5.58. The quantitative estimate of drug-likeness (QED) is 0.794. The van der Waals surface area contributed by atoms with Crippen LogP contribution in [0.5, 0.6) is 0 Å². The number of amides is 1. The van der Waals surface area contributed by atoms with Crippen LogP contribution in [0.3, 0.4) is 0 Å². The summed E-state index contributed by atoms with van der Waals surface area (Å²) in [6.07, 6.45) is 0.499. The summed E-state index contributed by atoms with van der Waals surface area (Å²) in [5.74, 6) is -0.831. The van der Waals surface area contributed by atoms with Gasteiger partial charge < -0.3 is 15.8 Å². The Hall–Kier alpha value is -1.88. The molecule has 1 aromatic rings. The minimum atomic E-state index is -0.969. The Morgan fingerprint density at radius 1 is 1.39 bits per heavy atom. The molecular formula is C13H18N2O3. The Labute approximate surface area is 106 Å². The highest BCUT2D eigenvalue weighted by Gasteiger charge is 2.27. The summed E-state index contributed by atoms with van der Waals surface area (Å²) in [5, 5.41) is 2.65. The minimum Gasteiger partial charge on any atom is -0.465 e. The lowest BCUT2D eigenvalue weighted by Gasteiger charge is -2.22. The number of anilines is 1. The van der Waals surface area contributed by atoms with Crippen molar-refractivity contribution in [1.29, 1.82) is 0 Å². The Morgan fingerprint density at radius 2 is 2.00 bits per heavy atom. The van der Waals surface area contributed by atoms with Crippen molar-refractivity contribution < 1.29 is 14.3 Å². The second-order valence-corrected chi connectivity index (χ2v) is 4.26. The fraction of sp³-hybridized carbons (Fsp3) is 0.385. The summed E-state index contributed by atoms with van der Waals surface area (Å²) >= 11 is 0. The van der Waals surface area contributed by atoms with Gasteiger partial charge in [-0.05, 0) is 25.5 Å². The molecule has 0 saturated carbocycles. The van der Waals surface area contributed by atoms with Crippen LogP contribution < -0.4 is 11.1 Å². The lowest BCUT2D eigenvalue weighted by Crippen LogP contribution is -2.48. The maximum absolute atomic E-state index is 11.9. The van der Waals surface area contributed by atoms with Gasteiger partial charge in [-0.25, -0.2) is 4.79 Å². The van der Waals surface area contributed by atoms with Gasteiger partial charge in [0.1, 0.15) is 0 Å². The molecule has 0 aliphatic carbocycles. The van der Waals surface area contributed by atoms with Crippen LogP contribution in [0.4, 0.5) is 5.69 Å². The van der Waals surface area contributed by atoms with Crippen molar-refractivity contribution in [2.24, 2.45) is 5.73 Å². The van der Waals surface area contributed by atoms with E-state index in [-0.39, 0.29) is 5.91 Å². The highest BCUT2D eigenvalue weighted by Crippen LogP contribution is 2.18. The van der Waals surface area contributed by atoms with Gasteiger partial charge in [0.15, 0.2) is 0 Å². The number of para-hydroxylation sites is 1. The van der Waals surface area contributed by atoms with E-state index in [1.165, 1.54) is 7.11 Å². The number of esters is 1. The molecular weight excluding hydrogens is 232 g/mol. The molecule has 0 fully saturated rings. The Balaban J connectivity index is 2.98. The zero-order chi connectivity index (χ0) is 13.8. The van der Waals surface area contributed by atoms with Crippen molar-refractivity contribution in [2.75, 3.05) is 12.4 Å². The molecule has 98 valence electrons. The predicted octanol–water partition coefficient (Wildman–Crippen LogP) is 1.54. The Kier molecular flexibility index (Phi) is 4.44. The maximum atomic E-state index is 11.9. The largest absolute Gasteiger partial charge is 0.465 e. The third kappa shape index (κ3) is 3.07. The lowest BCUT2D eigenvalue weighted by atomic mass is 9.99. The van der Waals surface area contributed by atoms with Crippen molar-refractivity contribution in [3.05, 3.63) is 29.8 Å². The Morgan fingerprint density at radius 3 is 2.56 bits per heavy atom. The molecule has 0 spiro atoms. The van der Waals surface area contributed by atoms with Crippen LogP contribution in [0, 0.1) is 0 Å². The third-order valence-electron chi connectivity index (χ3n) is 2.83. The first kappa shape index (κ1) is 14.2. The smallest absolute Gasteiger partial charge is 0.339 e. The summed E-state index contributed by atoms with van der Waals surface area (Å²) in [6, 6.07) is 6.64. The van der Waals surface area contributed by atoms with E-state index in [1.807, 2.05) is 6.92 Å². The van der Waals surface area contributed by atoms with Gasteiger partial charge in [0.05, 0.1) is 23.9 Å². The molecule has 5 heteroatoms. The van der Waals surface area contributed by atoms with Gasteiger partial charge in [-0.1, -0.05) is 19.1 Å². The lowest BCUT2D eigenvalue weighted by molar-refractivity contribution is -0.120. The number of rotatable bonds is 4. The number of nitrogens with two attached hydrogens (primary N) is 1. The standard InChI is InChI=1S/C13H18N2O3/c1-4-13(2,14)12(17)15-10-8-6-5-7-9(10)11(16)18-3/h5-8H,4,14H2,1-3H3,(H,15,17). The molecule has 1 rings (SSSR count). The molecule has 0 aliphatic heterocycles. The summed E-state index contributed by atoms with van der Waals surface area (Å²) in [4.78, 5) is 23.5. The average molecular weight is 250 g/mol. The zero-order valence-electron chi connectivity index (χ0n) is 10.8. The molecule has 1 atom stereocenters. The van der Waals surface area contributed by atoms with Crippen LogP contribution >= 0.6 is 0 Å².